The molecule has 1 aliphatic heterocycles. The Bertz CT molecular complexity index is 585. The van der Waals surface area contributed by atoms with Crippen LogP contribution < -0.4 is 9.64 Å². The third kappa shape index (κ3) is 2.83. The van der Waals surface area contributed by atoms with Crippen LogP contribution >= 0.6 is 15.9 Å². The quantitative estimate of drug-likeness (QED) is 0.813. The van der Waals surface area contributed by atoms with Crippen molar-refractivity contribution in [2.24, 2.45) is 0 Å². The molecule has 0 saturated carbocycles. The molecular formula is C17H18BrNO. The molecule has 0 aliphatic carbocycles. The fraction of sp³-hybridized carbons (Fsp3) is 0.294. The second-order valence-corrected chi connectivity index (χ2v) is 6.04. The number of nitrogens with zero attached hydrogens (tertiary/aromatic N) is 1. The molecule has 3 rings (SSSR count). The van der Waals surface area contributed by atoms with Gasteiger partial charge in [0.05, 0.1) is 12.2 Å². The Morgan fingerprint density at radius 1 is 1.20 bits per heavy atom. The minimum Gasteiger partial charge on any atom is -0.486 e. The van der Waals surface area contributed by atoms with E-state index in [2.05, 4.69) is 76.3 Å². The molecule has 0 spiro atoms. The van der Waals surface area contributed by atoms with Crippen LogP contribution in [0.5, 0.6) is 5.75 Å². The summed E-state index contributed by atoms with van der Waals surface area (Å²) in [5.74, 6) is 0.980. The highest BCUT2D eigenvalue weighted by atomic mass is 79.9. The van der Waals surface area contributed by atoms with Crippen LogP contribution in [0, 0.1) is 0 Å². The zero-order valence-electron chi connectivity index (χ0n) is 11.6. The summed E-state index contributed by atoms with van der Waals surface area (Å²) in [6.45, 7) is 4.05. The van der Waals surface area contributed by atoms with E-state index in [-0.39, 0.29) is 6.10 Å². The van der Waals surface area contributed by atoms with E-state index in [4.69, 9.17) is 4.74 Å². The SMILES string of the molecule is CC[C@@H]1CN(Cc2ccccc2)c2ccc(Br)cc2O1. The molecule has 0 fully saturated rings. The maximum Gasteiger partial charge on any atom is 0.144 e. The van der Waals surface area contributed by atoms with Gasteiger partial charge in [-0.1, -0.05) is 53.2 Å². The number of anilines is 1. The Morgan fingerprint density at radius 3 is 2.75 bits per heavy atom. The number of ether oxygens (including phenoxy) is 1. The molecule has 2 aromatic rings. The standard InChI is InChI=1S/C17H18BrNO/c1-2-15-12-19(11-13-6-4-3-5-7-13)16-9-8-14(18)10-17(16)20-15/h3-10,15H,2,11-12H2,1H3/t15-/m1/s1. The molecule has 3 heteroatoms. The van der Waals surface area contributed by atoms with E-state index in [0.717, 1.165) is 29.7 Å². The topological polar surface area (TPSA) is 12.5 Å². The third-order valence-corrected chi connectivity index (χ3v) is 4.15. The number of hydrogen-bond acceptors (Lipinski definition) is 2. The van der Waals surface area contributed by atoms with Crippen molar-refractivity contribution >= 4 is 21.6 Å². The summed E-state index contributed by atoms with van der Waals surface area (Å²) in [5.41, 5.74) is 2.51. The minimum absolute atomic E-state index is 0.264. The molecule has 0 unspecified atom stereocenters. The van der Waals surface area contributed by atoms with E-state index in [1.807, 2.05) is 0 Å². The molecule has 0 aromatic heterocycles. The van der Waals surface area contributed by atoms with Gasteiger partial charge in [0, 0.05) is 11.0 Å². The van der Waals surface area contributed by atoms with Crippen molar-refractivity contribution in [3.05, 3.63) is 58.6 Å². The summed E-state index contributed by atoms with van der Waals surface area (Å²) in [6.07, 6.45) is 1.29. The smallest absolute Gasteiger partial charge is 0.144 e. The summed E-state index contributed by atoms with van der Waals surface area (Å²) in [6, 6.07) is 16.9. The Kier molecular flexibility index (Phi) is 3.97. The van der Waals surface area contributed by atoms with Crippen LogP contribution in [0.4, 0.5) is 5.69 Å². The summed E-state index contributed by atoms with van der Waals surface area (Å²) >= 11 is 3.52. The van der Waals surface area contributed by atoms with Gasteiger partial charge in [0.1, 0.15) is 11.9 Å². The summed E-state index contributed by atoms with van der Waals surface area (Å²) < 4.78 is 7.12. The summed E-state index contributed by atoms with van der Waals surface area (Å²) in [4.78, 5) is 2.41. The Balaban J connectivity index is 1.90. The molecular weight excluding hydrogens is 314 g/mol. The lowest BCUT2D eigenvalue weighted by molar-refractivity contribution is 0.188. The van der Waals surface area contributed by atoms with Crippen molar-refractivity contribution in [2.45, 2.75) is 26.0 Å². The van der Waals surface area contributed by atoms with Gasteiger partial charge in [0.25, 0.3) is 0 Å². The van der Waals surface area contributed by atoms with E-state index in [1.165, 1.54) is 11.3 Å². The van der Waals surface area contributed by atoms with Crippen LogP contribution in [-0.2, 0) is 6.54 Å². The molecule has 1 aliphatic rings. The van der Waals surface area contributed by atoms with Crippen molar-refractivity contribution in [3.8, 4) is 5.75 Å². The minimum atomic E-state index is 0.264. The Hall–Kier alpha value is -1.48. The normalized spacial score (nSPS) is 17.5. The lowest BCUT2D eigenvalue weighted by Crippen LogP contribution is -2.39. The van der Waals surface area contributed by atoms with Gasteiger partial charge in [0.2, 0.25) is 0 Å². The lowest BCUT2D eigenvalue weighted by Gasteiger charge is -2.36. The van der Waals surface area contributed by atoms with E-state index < -0.39 is 0 Å². The van der Waals surface area contributed by atoms with Gasteiger partial charge in [-0.25, -0.2) is 0 Å². The molecule has 0 bridgehead atoms. The van der Waals surface area contributed by atoms with Gasteiger partial charge < -0.3 is 9.64 Å². The van der Waals surface area contributed by atoms with Crippen LogP contribution in [0.25, 0.3) is 0 Å². The zero-order valence-corrected chi connectivity index (χ0v) is 13.1. The maximum atomic E-state index is 6.06. The number of halogens is 1. The van der Waals surface area contributed by atoms with Gasteiger partial charge in [-0.2, -0.15) is 0 Å². The highest BCUT2D eigenvalue weighted by Crippen LogP contribution is 2.37. The van der Waals surface area contributed by atoms with Crippen LogP contribution in [-0.4, -0.2) is 12.6 Å². The number of benzene rings is 2. The third-order valence-electron chi connectivity index (χ3n) is 3.65. The molecule has 20 heavy (non-hydrogen) atoms. The largest absolute Gasteiger partial charge is 0.486 e. The van der Waals surface area contributed by atoms with Crippen molar-refractivity contribution in [1.29, 1.82) is 0 Å². The summed E-state index contributed by atoms with van der Waals surface area (Å²) in [7, 11) is 0. The van der Waals surface area contributed by atoms with Crippen molar-refractivity contribution in [3.63, 3.8) is 0 Å². The Morgan fingerprint density at radius 2 is 2.00 bits per heavy atom. The molecule has 0 saturated heterocycles. The van der Waals surface area contributed by atoms with Gasteiger partial charge in [-0.15, -0.1) is 0 Å². The molecule has 1 heterocycles. The number of fused-ring (bicyclic) bond motifs is 1. The highest BCUT2D eigenvalue weighted by molar-refractivity contribution is 9.10. The Labute approximate surface area is 128 Å². The van der Waals surface area contributed by atoms with Crippen LogP contribution in [0.15, 0.2) is 53.0 Å². The molecule has 104 valence electrons. The van der Waals surface area contributed by atoms with E-state index in [0.29, 0.717) is 0 Å². The first kappa shape index (κ1) is 13.5. The van der Waals surface area contributed by atoms with Gasteiger partial charge in [0.15, 0.2) is 0 Å². The van der Waals surface area contributed by atoms with E-state index in [9.17, 15) is 0 Å². The average molecular weight is 332 g/mol. The second-order valence-electron chi connectivity index (χ2n) is 5.13. The first-order valence-corrected chi connectivity index (χ1v) is 7.80. The van der Waals surface area contributed by atoms with Crippen molar-refractivity contribution in [1.82, 2.24) is 0 Å². The highest BCUT2D eigenvalue weighted by Gasteiger charge is 2.24. The molecule has 2 nitrogen and oxygen atoms in total. The monoisotopic (exact) mass is 331 g/mol. The lowest BCUT2D eigenvalue weighted by atomic mass is 10.1. The fourth-order valence-electron chi connectivity index (χ4n) is 2.57. The first-order chi connectivity index (χ1) is 9.76. The predicted molar refractivity (Wildman–Crippen MR) is 86.3 cm³/mol. The molecule has 0 radical (unpaired) electrons. The maximum absolute atomic E-state index is 6.06. The molecule has 0 amide bonds. The number of rotatable bonds is 3. The molecule has 2 aromatic carbocycles. The predicted octanol–water partition coefficient (Wildman–Crippen LogP) is 4.63. The van der Waals surface area contributed by atoms with Crippen LogP contribution in [0.2, 0.25) is 0 Å². The molecule has 1 atom stereocenters. The van der Waals surface area contributed by atoms with Crippen LogP contribution in [0.3, 0.4) is 0 Å². The van der Waals surface area contributed by atoms with Gasteiger partial charge >= 0.3 is 0 Å². The zero-order chi connectivity index (χ0) is 13.9. The average Bonchev–Trinajstić information content (AvgIpc) is 2.47. The van der Waals surface area contributed by atoms with E-state index >= 15 is 0 Å². The summed E-state index contributed by atoms with van der Waals surface area (Å²) in [5, 5.41) is 0. The fourth-order valence-corrected chi connectivity index (χ4v) is 2.91. The van der Waals surface area contributed by atoms with Gasteiger partial charge in [-0.05, 0) is 30.2 Å². The number of hydrogen-bond donors (Lipinski definition) is 0. The first-order valence-electron chi connectivity index (χ1n) is 7.01. The van der Waals surface area contributed by atoms with Crippen molar-refractivity contribution < 1.29 is 4.74 Å². The van der Waals surface area contributed by atoms with Gasteiger partial charge in [-0.3, -0.25) is 0 Å². The van der Waals surface area contributed by atoms with E-state index in [1.54, 1.807) is 0 Å². The second kappa shape index (κ2) is 5.88. The van der Waals surface area contributed by atoms with Crippen molar-refractivity contribution in [2.75, 3.05) is 11.4 Å². The molecule has 0 N–H and O–H groups in total. The van der Waals surface area contributed by atoms with Crippen LogP contribution in [0.1, 0.15) is 18.9 Å².